The Morgan fingerprint density at radius 2 is 1.94 bits per heavy atom. The average molecular weight is 434 g/mol. The first-order chi connectivity index (χ1) is 15.4. The minimum atomic E-state index is -0.115. The van der Waals surface area contributed by atoms with Gasteiger partial charge in [0.2, 0.25) is 5.91 Å². The van der Waals surface area contributed by atoms with Gasteiger partial charge < -0.3 is 19.5 Å². The summed E-state index contributed by atoms with van der Waals surface area (Å²) >= 11 is 0. The minimum Gasteiger partial charge on any atom is -0.457 e. The van der Waals surface area contributed by atoms with Crippen molar-refractivity contribution in [3.63, 3.8) is 0 Å². The molecule has 1 saturated heterocycles. The van der Waals surface area contributed by atoms with E-state index in [0.29, 0.717) is 23.7 Å². The van der Waals surface area contributed by atoms with Gasteiger partial charge in [0, 0.05) is 68.4 Å². The number of aryl methyl sites for hydroxylation is 2. The normalized spacial score (nSPS) is 16.0. The van der Waals surface area contributed by atoms with Crippen LogP contribution in [0.2, 0.25) is 0 Å². The average Bonchev–Trinajstić information content (AvgIpc) is 3.20. The zero-order chi connectivity index (χ0) is 22.7. The number of likely N-dealkylation sites (tertiary alicyclic amines) is 1. The maximum Gasteiger partial charge on any atom is 0.274 e. The second-order valence-electron chi connectivity index (χ2n) is 8.19. The number of nitrogens with zero attached hydrogens (tertiary/aromatic N) is 4. The van der Waals surface area contributed by atoms with Crippen molar-refractivity contribution in [2.45, 2.75) is 32.6 Å². The summed E-state index contributed by atoms with van der Waals surface area (Å²) in [6.07, 6.45) is 5.27. The number of carbonyl (C=O) groups excluding carboxylic acids is 2. The van der Waals surface area contributed by atoms with E-state index in [0.717, 1.165) is 36.5 Å². The first-order valence-corrected chi connectivity index (χ1v) is 10.7. The van der Waals surface area contributed by atoms with E-state index in [1.807, 2.05) is 43.1 Å². The Hall–Kier alpha value is -3.68. The summed E-state index contributed by atoms with van der Waals surface area (Å²) in [5.41, 5.74) is 2.97. The van der Waals surface area contributed by atoms with E-state index in [9.17, 15) is 9.59 Å². The Morgan fingerprint density at radius 1 is 1.16 bits per heavy atom. The number of piperidine rings is 1. The highest BCUT2D eigenvalue weighted by atomic mass is 16.5. The molecule has 0 spiro atoms. The van der Waals surface area contributed by atoms with E-state index < -0.39 is 0 Å². The fourth-order valence-corrected chi connectivity index (χ4v) is 3.96. The van der Waals surface area contributed by atoms with E-state index >= 15 is 0 Å². The number of amides is 2. The van der Waals surface area contributed by atoms with Gasteiger partial charge in [-0.05, 0) is 44.0 Å². The summed E-state index contributed by atoms with van der Waals surface area (Å²) in [4.78, 5) is 34.8. The van der Waals surface area contributed by atoms with Crippen LogP contribution >= 0.6 is 0 Å². The first kappa shape index (κ1) is 21.5. The van der Waals surface area contributed by atoms with Gasteiger partial charge >= 0.3 is 0 Å². The third-order valence-corrected chi connectivity index (χ3v) is 5.41. The molecule has 1 aliphatic rings. The van der Waals surface area contributed by atoms with Gasteiger partial charge in [-0.1, -0.05) is 0 Å². The van der Waals surface area contributed by atoms with Crippen LogP contribution in [0.1, 0.15) is 47.6 Å². The number of rotatable bonds is 5. The molecule has 1 aromatic carbocycles. The van der Waals surface area contributed by atoms with Crippen molar-refractivity contribution in [3.05, 3.63) is 66.0 Å². The number of anilines is 1. The van der Waals surface area contributed by atoms with Gasteiger partial charge in [0.25, 0.3) is 5.91 Å². The van der Waals surface area contributed by atoms with Crippen molar-refractivity contribution < 1.29 is 14.3 Å². The molecule has 3 heterocycles. The van der Waals surface area contributed by atoms with Gasteiger partial charge in [-0.15, -0.1) is 0 Å². The number of benzene rings is 1. The summed E-state index contributed by atoms with van der Waals surface area (Å²) in [7, 11) is 1.86. The highest BCUT2D eigenvalue weighted by Crippen LogP contribution is 2.31. The number of hydrogen-bond acceptors (Lipinski definition) is 5. The van der Waals surface area contributed by atoms with Crippen molar-refractivity contribution in [3.8, 4) is 11.5 Å². The maximum atomic E-state index is 12.8. The zero-order valence-corrected chi connectivity index (χ0v) is 18.5. The molecule has 8 heteroatoms. The molecule has 0 radical (unpaired) electrons. The third kappa shape index (κ3) is 5.14. The van der Waals surface area contributed by atoms with Crippen molar-refractivity contribution in [1.82, 2.24) is 19.4 Å². The number of pyridine rings is 1. The quantitative estimate of drug-likeness (QED) is 0.659. The van der Waals surface area contributed by atoms with Crippen LogP contribution in [0.3, 0.4) is 0 Å². The van der Waals surface area contributed by atoms with Crippen LogP contribution in [0.25, 0.3) is 0 Å². The summed E-state index contributed by atoms with van der Waals surface area (Å²) < 4.78 is 7.83. The molecule has 2 aromatic heterocycles. The molecule has 0 bridgehead atoms. The Balaban J connectivity index is 1.48. The van der Waals surface area contributed by atoms with Crippen LogP contribution in [0.15, 0.2) is 48.9 Å². The Morgan fingerprint density at radius 3 is 2.62 bits per heavy atom. The maximum absolute atomic E-state index is 12.8. The number of ether oxygens (including phenoxy) is 1. The third-order valence-electron chi connectivity index (χ3n) is 5.41. The molecule has 0 unspecified atom stereocenters. The molecule has 3 aromatic rings. The molecular weight excluding hydrogens is 406 g/mol. The van der Waals surface area contributed by atoms with Crippen LogP contribution in [0, 0.1) is 6.92 Å². The van der Waals surface area contributed by atoms with E-state index in [1.54, 1.807) is 29.2 Å². The van der Waals surface area contributed by atoms with Crippen LogP contribution < -0.4 is 10.1 Å². The van der Waals surface area contributed by atoms with Crippen LogP contribution in [0.4, 0.5) is 5.69 Å². The fraction of sp³-hybridized carbons (Fsp3) is 0.333. The fourth-order valence-electron chi connectivity index (χ4n) is 3.96. The zero-order valence-electron chi connectivity index (χ0n) is 18.5. The molecule has 4 rings (SSSR count). The standard InChI is InChI=1S/C24H27N5O3/c1-16-11-21(32-20-8-6-19(7-9-20)27-17(2)30)12-22(26-16)18-5-4-10-29(13-18)24(31)23-14-28(3)15-25-23/h6-9,11-12,14-15,18H,4-5,10,13H2,1-3H3,(H,27,30)/t18-/m0/s1. The summed E-state index contributed by atoms with van der Waals surface area (Å²) in [5.74, 6) is 1.36. The van der Waals surface area contributed by atoms with Gasteiger partial charge in [0.05, 0.1) is 6.33 Å². The van der Waals surface area contributed by atoms with E-state index in [2.05, 4.69) is 10.3 Å². The monoisotopic (exact) mass is 433 g/mol. The molecule has 0 aliphatic carbocycles. The molecule has 1 atom stereocenters. The van der Waals surface area contributed by atoms with E-state index in [4.69, 9.17) is 9.72 Å². The topological polar surface area (TPSA) is 89.4 Å². The predicted molar refractivity (Wildman–Crippen MR) is 121 cm³/mol. The number of hydrogen-bond donors (Lipinski definition) is 1. The number of aromatic nitrogens is 3. The molecule has 1 fully saturated rings. The Kier molecular flexibility index (Phi) is 6.20. The van der Waals surface area contributed by atoms with Gasteiger partial charge in [-0.2, -0.15) is 0 Å². The number of nitrogens with one attached hydrogen (secondary N) is 1. The lowest BCUT2D eigenvalue weighted by molar-refractivity contribution is -0.114. The highest BCUT2D eigenvalue weighted by molar-refractivity contribution is 5.92. The molecule has 8 nitrogen and oxygen atoms in total. The summed E-state index contributed by atoms with van der Waals surface area (Å²) in [6.45, 7) is 4.75. The lowest BCUT2D eigenvalue weighted by atomic mass is 9.93. The SMILES string of the molecule is CC(=O)Nc1ccc(Oc2cc(C)nc([C@H]3CCCN(C(=O)c4cn(C)cn4)C3)c2)cc1. The molecule has 2 amide bonds. The predicted octanol–water partition coefficient (Wildman–Crippen LogP) is 3.89. The van der Waals surface area contributed by atoms with Gasteiger partial charge in [-0.3, -0.25) is 14.6 Å². The minimum absolute atomic E-state index is 0.0429. The Labute approximate surface area is 187 Å². The molecule has 166 valence electrons. The van der Waals surface area contributed by atoms with Crippen molar-refractivity contribution >= 4 is 17.5 Å². The highest BCUT2D eigenvalue weighted by Gasteiger charge is 2.27. The Bertz CT molecular complexity index is 1120. The molecular formula is C24H27N5O3. The van der Waals surface area contributed by atoms with Crippen molar-refractivity contribution in [2.75, 3.05) is 18.4 Å². The van der Waals surface area contributed by atoms with Crippen LogP contribution in [-0.4, -0.2) is 44.3 Å². The first-order valence-electron chi connectivity index (χ1n) is 10.7. The van der Waals surface area contributed by atoms with Crippen LogP contribution in [0.5, 0.6) is 11.5 Å². The molecule has 32 heavy (non-hydrogen) atoms. The second kappa shape index (κ2) is 9.21. The second-order valence-corrected chi connectivity index (χ2v) is 8.19. The summed E-state index contributed by atoms with van der Waals surface area (Å²) in [6, 6.07) is 11.1. The van der Waals surface area contributed by atoms with E-state index in [1.165, 1.54) is 6.92 Å². The number of imidazole rings is 1. The van der Waals surface area contributed by atoms with Crippen molar-refractivity contribution in [2.24, 2.45) is 7.05 Å². The smallest absolute Gasteiger partial charge is 0.274 e. The molecule has 1 N–H and O–H groups in total. The molecule has 0 saturated carbocycles. The van der Waals surface area contributed by atoms with Crippen molar-refractivity contribution in [1.29, 1.82) is 0 Å². The largest absolute Gasteiger partial charge is 0.457 e. The van der Waals surface area contributed by atoms with E-state index in [-0.39, 0.29) is 17.7 Å². The lowest BCUT2D eigenvalue weighted by Crippen LogP contribution is -2.39. The summed E-state index contributed by atoms with van der Waals surface area (Å²) in [5, 5.41) is 2.74. The van der Waals surface area contributed by atoms with Gasteiger partial charge in [0.1, 0.15) is 17.2 Å². The molecule has 1 aliphatic heterocycles. The number of carbonyl (C=O) groups is 2. The van der Waals surface area contributed by atoms with Crippen LogP contribution in [-0.2, 0) is 11.8 Å². The van der Waals surface area contributed by atoms with Gasteiger partial charge in [0.15, 0.2) is 0 Å². The van der Waals surface area contributed by atoms with Gasteiger partial charge in [-0.25, -0.2) is 4.98 Å². The lowest BCUT2D eigenvalue weighted by Gasteiger charge is -2.32.